The zero-order valence-corrected chi connectivity index (χ0v) is 6.40. The molecule has 0 radical (unpaired) electrons. The van der Waals surface area contributed by atoms with Crippen LogP contribution in [-0.4, -0.2) is 17.7 Å². The molecule has 0 unspecified atom stereocenters. The molecule has 12 heavy (non-hydrogen) atoms. The topological polar surface area (TPSA) is 76.1 Å². The molecule has 62 valence electrons. The molecule has 0 N–H and O–H groups in total. The number of hydrogen-bond donors (Lipinski definition) is 0. The van der Waals surface area contributed by atoms with E-state index in [2.05, 4.69) is 14.4 Å². The van der Waals surface area contributed by atoms with Crippen LogP contribution in [0.4, 0.5) is 0 Å². The Balaban J connectivity index is 2.76. The van der Waals surface area contributed by atoms with Crippen LogP contribution < -0.4 is 0 Å². The molecule has 0 fully saturated rings. The Morgan fingerprint density at radius 1 is 1.92 bits per heavy atom. The lowest BCUT2D eigenvalue weighted by molar-refractivity contribution is 0.0479. The van der Waals surface area contributed by atoms with E-state index in [-0.39, 0.29) is 18.1 Å². The minimum absolute atomic E-state index is 0.0478. The molecule has 5 heteroatoms. The maximum atomic E-state index is 10.9. The first-order chi connectivity index (χ1) is 5.77. The SMILES string of the molecule is CCOC(=O)c1cc(C#N)no1. The Morgan fingerprint density at radius 3 is 3.17 bits per heavy atom. The number of carbonyl (C=O) groups excluding carboxylic acids is 1. The summed E-state index contributed by atoms with van der Waals surface area (Å²) in [6.45, 7) is 1.95. The number of rotatable bonds is 2. The fraction of sp³-hybridized carbons (Fsp3) is 0.286. The van der Waals surface area contributed by atoms with Gasteiger partial charge in [-0.05, 0) is 6.92 Å². The van der Waals surface area contributed by atoms with Crippen molar-refractivity contribution in [2.45, 2.75) is 6.92 Å². The molecule has 0 atom stereocenters. The second-order valence-electron chi connectivity index (χ2n) is 1.91. The van der Waals surface area contributed by atoms with Crippen LogP contribution in [0.25, 0.3) is 0 Å². The van der Waals surface area contributed by atoms with Crippen LogP contribution in [0.2, 0.25) is 0 Å². The number of ether oxygens (including phenoxy) is 1. The maximum absolute atomic E-state index is 10.9. The standard InChI is InChI=1S/C7H6N2O3/c1-2-11-7(10)6-3-5(4-8)9-12-6/h3H,2H2,1H3. The molecule has 0 saturated heterocycles. The van der Waals surface area contributed by atoms with Gasteiger partial charge in [-0.2, -0.15) is 5.26 Å². The van der Waals surface area contributed by atoms with E-state index in [9.17, 15) is 4.79 Å². The molecule has 0 aliphatic heterocycles. The van der Waals surface area contributed by atoms with Gasteiger partial charge < -0.3 is 9.26 Å². The van der Waals surface area contributed by atoms with Crippen LogP contribution in [0.1, 0.15) is 23.2 Å². The van der Waals surface area contributed by atoms with Crippen molar-refractivity contribution >= 4 is 5.97 Å². The largest absolute Gasteiger partial charge is 0.460 e. The first-order valence-electron chi connectivity index (χ1n) is 3.32. The first kappa shape index (κ1) is 8.27. The molecule has 0 saturated carbocycles. The van der Waals surface area contributed by atoms with Gasteiger partial charge in [-0.15, -0.1) is 0 Å². The van der Waals surface area contributed by atoms with Crippen LogP contribution in [0.5, 0.6) is 0 Å². The summed E-state index contributed by atoms with van der Waals surface area (Å²) in [6, 6.07) is 2.97. The predicted molar refractivity (Wildman–Crippen MR) is 37.2 cm³/mol. The molecule has 0 aliphatic rings. The average molecular weight is 166 g/mol. The molecule has 0 amide bonds. The van der Waals surface area contributed by atoms with E-state index < -0.39 is 5.97 Å². The third-order valence-corrected chi connectivity index (χ3v) is 1.10. The molecule has 1 aromatic rings. The van der Waals surface area contributed by atoms with Crippen molar-refractivity contribution in [3.63, 3.8) is 0 Å². The summed E-state index contributed by atoms with van der Waals surface area (Å²) in [7, 11) is 0. The van der Waals surface area contributed by atoms with E-state index in [1.165, 1.54) is 6.07 Å². The Labute approximate surface area is 68.5 Å². The fourth-order valence-electron chi connectivity index (χ4n) is 0.626. The third-order valence-electron chi connectivity index (χ3n) is 1.10. The zero-order valence-electron chi connectivity index (χ0n) is 6.40. The number of nitrogens with zero attached hydrogens (tertiary/aromatic N) is 2. The van der Waals surface area contributed by atoms with Crippen LogP contribution in [-0.2, 0) is 4.74 Å². The van der Waals surface area contributed by atoms with Crippen molar-refractivity contribution in [2.24, 2.45) is 0 Å². The Bertz CT molecular complexity index is 324. The number of hydrogen-bond acceptors (Lipinski definition) is 5. The highest BCUT2D eigenvalue weighted by Gasteiger charge is 2.12. The van der Waals surface area contributed by atoms with Crippen LogP contribution in [0.3, 0.4) is 0 Å². The summed E-state index contributed by atoms with van der Waals surface area (Å²) in [6.07, 6.45) is 0. The van der Waals surface area contributed by atoms with E-state index in [0.717, 1.165) is 0 Å². The van der Waals surface area contributed by atoms with Crippen molar-refractivity contribution < 1.29 is 14.1 Å². The van der Waals surface area contributed by atoms with Crippen LogP contribution in [0, 0.1) is 11.3 Å². The van der Waals surface area contributed by atoms with Gasteiger partial charge in [0.2, 0.25) is 5.76 Å². The minimum atomic E-state index is -0.605. The summed E-state index contributed by atoms with van der Waals surface area (Å²) in [4.78, 5) is 10.9. The first-order valence-corrected chi connectivity index (χ1v) is 3.32. The second-order valence-corrected chi connectivity index (χ2v) is 1.91. The van der Waals surface area contributed by atoms with E-state index >= 15 is 0 Å². The van der Waals surface area contributed by atoms with Gasteiger partial charge in [0.1, 0.15) is 6.07 Å². The van der Waals surface area contributed by atoms with Gasteiger partial charge >= 0.3 is 5.97 Å². The van der Waals surface area contributed by atoms with Gasteiger partial charge in [-0.1, -0.05) is 5.16 Å². The number of aromatic nitrogens is 1. The summed E-state index contributed by atoms with van der Waals surface area (Å²) in [5.74, 6) is -0.653. The van der Waals surface area contributed by atoms with Crippen molar-refractivity contribution in [2.75, 3.05) is 6.61 Å². The summed E-state index contributed by atoms with van der Waals surface area (Å²) in [5, 5.41) is 11.6. The van der Waals surface area contributed by atoms with Crippen molar-refractivity contribution in [1.82, 2.24) is 5.16 Å². The fourth-order valence-corrected chi connectivity index (χ4v) is 0.626. The van der Waals surface area contributed by atoms with E-state index in [1.807, 2.05) is 0 Å². The predicted octanol–water partition coefficient (Wildman–Crippen LogP) is 0.723. The van der Waals surface area contributed by atoms with E-state index in [0.29, 0.717) is 0 Å². The molecule has 0 aromatic carbocycles. The molecule has 0 aliphatic carbocycles. The van der Waals surface area contributed by atoms with Crippen molar-refractivity contribution in [3.8, 4) is 6.07 Å². The second kappa shape index (κ2) is 3.53. The van der Waals surface area contributed by atoms with Crippen molar-refractivity contribution in [1.29, 1.82) is 5.26 Å². The van der Waals surface area contributed by atoms with Gasteiger partial charge in [-0.3, -0.25) is 0 Å². The highest BCUT2D eigenvalue weighted by atomic mass is 16.6. The van der Waals surface area contributed by atoms with Crippen LogP contribution >= 0.6 is 0 Å². The summed E-state index contributed by atoms with van der Waals surface area (Å²) >= 11 is 0. The highest BCUT2D eigenvalue weighted by molar-refractivity contribution is 5.86. The molecule has 0 spiro atoms. The lowest BCUT2D eigenvalue weighted by atomic mass is 10.4. The smallest absolute Gasteiger partial charge is 0.377 e. The average Bonchev–Trinajstić information content (AvgIpc) is 2.52. The molecular formula is C7H6N2O3. The molecule has 1 rings (SSSR count). The highest BCUT2D eigenvalue weighted by Crippen LogP contribution is 2.03. The maximum Gasteiger partial charge on any atom is 0.377 e. The lowest BCUT2D eigenvalue weighted by Gasteiger charge is -1.93. The van der Waals surface area contributed by atoms with Gasteiger partial charge in [0.15, 0.2) is 5.69 Å². The summed E-state index contributed by atoms with van der Waals surface area (Å²) in [5.41, 5.74) is 0.0676. The van der Waals surface area contributed by atoms with Gasteiger partial charge in [-0.25, -0.2) is 4.79 Å². The Kier molecular flexibility index (Phi) is 2.43. The molecular weight excluding hydrogens is 160 g/mol. The molecule has 0 bridgehead atoms. The molecule has 1 aromatic heterocycles. The van der Waals surface area contributed by atoms with Crippen LogP contribution in [0.15, 0.2) is 10.6 Å². The zero-order chi connectivity index (χ0) is 8.97. The van der Waals surface area contributed by atoms with E-state index in [4.69, 9.17) is 5.26 Å². The monoisotopic (exact) mass is 166 g/mol. The Morgan fingerprint density at radius 2 is 2.67 bits per heavy atom. The number of nitriles is 1. The number of carbonyl (C=O) groups is 1. The van der Waals surface area contributed by atoms with Gasteiger partial charge in [0.25, 0.3) is 0 Å². The quantitative estimate of drug-likeness (QED) is 0.605. The lowest BCUT2D eigenvalue weighted by Crippen LogP contribution is -2.02. The van der Waals surface area contributed by atoms with Gasteiger partial charge in [0, 0.05) is 6.07 Å². The molecule has 1 heterocycles. The Hall–Kier alpha value is -1.83. The third kappa shape index (κ3) is 1.61. The van der Waals surface area contributed by atoms with Gasteiger partial charge in [0.05, 0.1) is 6.61 Å². The van der Waals surface area contributed by atoms with E-state index in [1.54, 1.807) is 13.0 Å². The minimum Gasteiger partial charge on any atom is -0.460 e. The normalized spacial score (nSPS) is 9.00. The number of esters is 1. The summed E-state index contributed by atoms with van der Waals surface area (Å²) < 4.78 is 9.13. The molecule has 5 nitrogen and oxygen atoms in total. The van der Waals surface area contributed by atoms with Crippen molar-refractivity contribution in [3.05, 3.63) is 17.5 Å².